The largest absolute Gasteiger partial charge is 0.468 e. The molecule has 0 saturated carbocycles. The van der Waals surface area contributed by atoms with Crippen molar-refractivity contribution >= 4 is 23.9 Å². The molecule has 1 atom stereocenters. The number of carbonyl (C=O) groups is 4. The normalized spacial score (nSPS) is 11.8. The number of nitrogens with zero attached hydrogens (tertiary/aromatic N) is 1. The Labute approximate surface area is 188 Å². The van der Waals surface area contributed by atoms with Crippen LogP contribution in [0.2, 0.25) is 0 Å². The Balaban J connectivity index is 3.13. The highest BCUT2D eigenvalue weighted by Crippen LogP contribution is 2.22. The van der Waals surface area contributed by atoms with Crippen LogP contribution in [0.5, 0.6) is 0 Å². The summed E-state index contributed by atoms with van der Waals surface area (Å²) in [6.07, 6.45) is 0.00673. The van der Waals surface area contributed by atoms with E-state index in [0.717, 1.165) is 16.9 Å². The van der Waals surface area contributed by atoms with Crippen molar-refractivity contribution < 1.29 is 33.8 Å². The number of aliphatic hydroxyl groups is 1. The van der Waals surface area contributed by atoms with E-state index in [-0.39, 0.29) is 13.1 Å². The molecule has 0 bridgehead atoms. The molecule has 178 valence electrons. The molecule has 0 spiro atoms. The lowest BCUT2D eigenvalue weighted by Gasteiger charge is -2.31. The summed E-state index contributed by atoms with van der Waals surface area (Å²) in [4.78, 5) is 50.4. The molecule has 0 saturated heterocycles. The summed E-state index contributed by atoms with van der Waals surface area (Å²) in [6.45, 7) is 5.65. The monoisotopic (exact) mass is 451 g/mol. The van der Waals surface area contributed by atoms with Gasteiger partial charge in [0.1, 0.15) is 24.7 Å². The first kappa shape index (κ1) is 26.9. The van der Waals surface area contributed by atoms with Gasteiger partial charge >= 0.3 is 12.1 Å². The highest BCUT2D eigenvalue weighted by molar-refractivity contribution is 5.91. The molecule has 1 unspecified atom stereocenters. The van der Waals surface area contributed by atoms with E-state index in [4.69, 9.17) is 4.74 Å². The summed E-state index contributed by atoms with van der Waals surface area (Å²) in [5, 5.41) is 14.3. The molecular weight excluding hydrogens is 418 g/mol. The van der Waals surface area contributed by atoms with Gasteiger partial charge in [-0.25, -0.2) is 4.79 Å². The fourth-order valence-corrected chi connectivity index (χ4v) is 2.81. The second-order valence-electron chi connectivity index (χ2n) is 7.96. The minimum Gasteiger partial charge on any atom is -0.468 e. The third-order valence-corrected chi connectivity index (χ3v) is 4.34. The van der Waals surface area contributed by atoms with Crippen LogP contribution in [0, 0.1) is 0 Å². The fraction of sp³-hybridized carbons (Fsp3) is 0.545. The SMILES string of the molecule is CCc1ccc(C(C(=O)NCC(=O)OC)N(CCO)C(=O)CNC(=O)OC(C)(C)C)cc1. The second kappa shape index (κ2) is 12.7. The molecule has 1 aromatic rings. The average molecular weight is 452 g/mol. The average Bonchev–Trinajstić information content (AvgIpc) is 2.74. The van der Waals surface area contributed by atoms with Gasteiger partial charge in [-0.05, 0) is 38.3 Å². The minimum atomic E-state index is -1.13. The highest BCUT2D eigenvalue weighted by Gasteiger charge is 2.31. The van der Waals surface area contributed by atoms with Gasteiger partial charge in [0.15, 0.2) is 0 Å². The van der Waals surface area contributed by atoms with Gasteiger partial charge < -0.3 is 30.1 Å². The second-order valence-corrected chi connectivity index (χ2v) is 7.96. The number of aliphatic hydroxyl groups excluding tert-OH is 1. The summed E-state index contributed by atoms with van der Waals surface area (Å²) in [5.74, 6) is -1.88. The molecule has 3 amide bonds. The number of hydrogen-bond donors (Lipinski definition) is 3. The first-order valence-electron chi connectivity index (χ1n) is 10.3. The van der Waals surface area contributed by atoms with Crippen LogP contribution in [0.25, 0.3) is 0 Å². The zero-order valence-corrected chi connectivity index (χ0v) is 19.3. The van der Waals surface area contributed by atoms with Crippen molar-refractivity contribution in [3.63, 3.8) is 0 Å². The van der Waals surface area contributed by atoms with Crippen molar-refractivity contribution in [1.29, 1.82) is 0 Å². The van der Waals surface area contributed by atoms with E-state index in [1.807, 2.05) is 19.1 Å². The number of carbonyl (C=O) groups excluding carboxylic acids is 4. The van der Waals surface area contributed by atoms with E-state index < -0.39 is 48.7 Å². The minimum absolute atomic E-state index is 0.166. The molecule has 1 rings (SSSR count). The van der Waals surface area contributed by atoms with Crippen LogP contribution < -0.4 is 10.6 Å². The number of aryl methyl sites for hydroxylation is 1. The van der Waals surface area contributed by atoms with Gasteiger partial charge in [-0.15, -0.1) is 0 Å². The number of methoxy groups -OCH3 is 1. The fourth-order valence-electron chi connectivity index (χ4n) is 2.81. The molecule has 0 aliphatic carbocycles. The quantitative estimate of drug-likeness (QED) is 0.450. The summed E-state index contributed by atoms with van der Waals surface area (Å²) in [6, 6.07) is 5.94. The van der Waals surface area contributed by atoms with Crippen molar-refractivity contribution in [1.82, 2.24) is 15.5 Å². The van der Waals surface area contributed by atoms with Gasteiger partial charge in [-0.3, -0.25) is 14.4 Å². The van der Waals surface area contributed by atoms with E-state index in [1.54, 1.807) is 32.9 Å². The van der Waals surface area contributed by atoms with Crippen molar-refractivity contribution in [2.45, 2.75) is 45.8 Å². The van der Waals surface area contributed by atoms with Crippen LogP contribution >= 0.6 is 0 Å². The standard InChI is InChI=1S/C22H33N3O7/c1-6-15-7-9-16(10-8-15)19(20(29)23-14-18(28)31-5)25(11-12-26)17(27)13-24-21(30)32-22(2,3)4/h7-10,19,26H,6,11-14H2,1-5H3,(H,23,29)(H,24,30). The lowest BCUT2D eigenvalue weighted by atomic mass is 10.0. The van der Waals surface area contributed by atoms with Crippen molar-refractivity contribution in [2.75, 3.05) is 33.4 Å². The van der Waals surface area contributed by atoms with Crippen molar-refractivity contribution in [3.8, 4) is 0 Å². The number of benzene rings is 1. The predicted octanol–water partition coefficient (Wildman–Crippen LogP) is 0.925. The van der Waals surface area contributed by atoms with E-state index in [1.165, 1.54) is 7.11 Å². The van der Waals surface area contributed by atoms with Crippen LogP contribution in [0.4, 0.5) is 4.79 Å². The third-order valence-electron chi connectivity index (χ3n) is 4.34. The zero-order chi connectivity index (χ0) is 24.3. The van der Waals surface area contributed by atoms with Crippen molar-refractivity contribution in [2.24, 2.45) is 0 Å². The summed E-state index contributed by atoms with van der Waals surface area (Å²) < 4.78 is 9.66. The lowest BCUT2D eigenvalue weighted by Crippen LogP contribution is -2.49. The third kappa shape index (κ3) is 8.93. The molecule has 0 radical (unpaired) electrons. The maximum absolute atomic E-state index is 13.0. The highest BCUT2D eigenvalue weighted by atomic mass is 16.6. The molecule has 10 heteroatoms. The van der Waals surface area contributed by atoms with Gasteiger partial charge in [0.05, 0.1) is 13.7 Å². The molecule has 0 aromatic heterocycles. The number of alkyl carbamates (subject to hydrolysis) is 1. The first-order chi connectivity index (χ1) is 15.0. The topological polar surface area (TPSA) is 134 Å². The Hall–Kier alpha value is -3.14. The van der Waals surface area contributed by atoms with E-state index in [2.05, 4.69) is 15.4 Å². The Morgan fingerprint density at radius 3 is 2.19 bits per heavy atom. The molecule has 10 nitrogen and oxygen atoms in total. The Morgan fingerprint density at radius 2 is 1.69 bits per heavy atom. The molecule has 0 aliphatic heterocycles. The predicted molar refractivity (Wildman–Crippen MR) is 117 cm³/mol. The van der Waals surface area contributed by atoms with E-state index >= 15 is 0 Å². The number of esters is 1. The van der Waals surface area contributed by atoms with Crippen LogP contribution in [0.1, 0.15) is 44.9 Å². The van der Waals surface area contributed by atoms with Crippen LogP contribution in [0.15, 0.2) is 24.3 Å². The van der Waals surface area contributed by atoms with E-state index in [0.29, 0.717) is 5.56 Å². The Morgan fingerprint density at radius 1 is 1.06 bits per heavy atom. The van der Waals surface area contributed by atoms with E-state index in [9.17, 15) is 24.3 Å². The Kier molecular flexibility index (Phi) is 10.6. The van der Waals surface area contributed by atoms with Crippen molar-refractivity contribution in [3.05, 3.63) is 35.4 Å². The smallest absolute Gasteiger partial charge is 0.408 e. The molecule has 0 fully saturated rings. The number of nitrogens with one attached hydrogen (secondary N) is 2. The van der Waals surface area contributed by atoms with Gasteiger partial charge in [0, 0.05) is 6.54 Å². The molecule has 1 aromatic carbocycles. The molecular formula is C22H33N3O7. The van der Waals surface area contributed by atoms with Crippen LogP contribution in [-0.2, 0) is 30.3 Å². The molecule has 3 N–H and O–H groups in total. The summed E-state index contributed by atoms with van der Waals surface area (Å²) in [7, 11) is 1.19. The van der Waals surface area contributed by atoms with Gasteiger partial charge in [-0.2, -0.15) is 0 Å². The molecule has 0 heterocycles. The molecule has 32 heavy (non-hydrogen) atoms. The van der Waals surface area contributed by atoms with Crippen LogP contribution in [-0.4, -0.2) is 72.8 Å². The number of ether oxygens (including phenoxy) is 2. The Bertz CT molecular complexity index is 788. The van der Waals surface area contributed by atoms with Gasteiger partial charge in [-0.1, -0.05) is 31.2 Å². The maximum Gasteiger partial charge on any atom is 0.408 e. The number of hydrogen-bond acceptors (Lipinski definition) is 7. The van der Waals surface area contributed by atoms with Gasteiger partial charge in [0.25, 0.3) is 0 Å². The van der Waals surface area contributed by atoms with Gasteiger partial charge in [0.2, 0.25) is 11.8 Å². The molecule has 0 aliphatic rings. The first-order valence-corrected chi connectivity index (χ1v) is 10.3. The number of amides is 3. The van der Waals surface area contributed by atoms with Crippen LogP contribution in [0.3, 0.4) is 0 Å². The number of rotatable bonds is 10. The lowest BCUT2D eigenvalue weighted by molar-refractivity contribution is -0.144. The summed E-state index contributed by atoms with van der Waals surface area (Å²) >= 11 is 0. The zero-order valence-electron chi connectivity index (χ0n) is 19.3. The maximum atomic E-state index is 13.0. The summed E-state index contributed by atoms with van der Waals surface area (Å²) in [5.41, 5.74) is 0.785.